The number of para-hydroxylation sites is 1. The number of esters is 1. The number of aliphatic hydroxyl groups is 1. The van der Waals surface area contributed by atoms with Crippen molar-refractivity contribution in [1.82, 2.24) is 24.9 Å². The summed E-state index contributed by atoms with van der Waals surface area (Å²) in [5.41, 5.74) is 10.5. The highest BCUT2D eigenvalue weighted by molar-refractivity contribution is 6.02. The van der Waals surface area contributed by atoms with E-state index in [1.165, 1.54) is 12.5 Å². The van der Waals surface area contributed by atoms with Gasteiger partial charge in [-0.15, -0.1) is 0 Å². The summed E-state index contributed by atoms with van der Waals surface area (Å²) in [5, 5.41) is 16.1. The van der Waals surface area contributed by atoms with Crippen LogP contribution in [0.1, 0.15) is 41.3 Å². The number of hydrazone groups is 1. The van der Waals surface area contributed by atoms with Gasteiger partial charge in [-0.05, 0) is 18.6 Å². The predicted molar refractivity (Wildman–Crippen MR) is 141 cm³/mol. The topological polar surface area (TPSA) is 178 Å². The van der Waals surface area contributed by atoms with Gasteiger partial charge in [0.1, 0.15) is 6.61 Å². The Morgan fingerprint density at radius 2 is 2.18 bits per heavy atom. The molecule has 5 N–H and O–H groups in total. The normalized spacial score (nSPS) is 18.5. The van der Waals surface area contributed by atoms with Crippen LogP contribution in [0, 0.1) is 0 Å². The molecule has 1 unspecified atom stereocenters. The zero-order valence-electron chi connectivity index (χ0n) is 21.0. The fourth-order valence-electron chi connectivity index (χ4n) is 5.18. The van der Waals surface area contributed by atoms with Crippen LogP contribution in [0.25, 0.3) is 22.3 Å². The van der Waals surface area contributed by atoms with Crippen molar-refractivity contribution in [2.75, 3.05) is 0 Å². The molecule has 0 radical (unpaired) electrons. The number of aromatic nitrogens is 4. The molecule has 2 atom stereocenters. The Bertz CT molecular complexity index is 1730. The summed E-state index contributed by atoms with van der Waals surface area (Å²) in [6.07, 6.45) is 4.97. The fraction of sp³-hybridized carbons (Fsp3) is 0.259. The first-order chi connectivity index (χ1) is 18.8. The third kappa shape index (κ3) is 3.92. The Morgan fingerprint density at radius 3 is 2.95 bits per heavy atom. The Kier molecular flexibility index (Phi) is 5.85. The number of imidazole rings is 1. The van der Waals surface area contributed by atoms with Crippen molar-refractivity contribution >= 4 is 29.0 Å². The average molecular weight is 528 g/mol. The van der Waals surface area contributed by atoms with E-state index < -0.39 is 23.5 Å². The zero-order valence-corrected chi connectivity index (χ0v) is 21.0. The number of amides is 1. The SMILES string of the molecule is CC[C@@]1(O)C(=O)OCc2c1cc1n(c2=O)Cc2c-1nc1ccccc1c2C=NNC(=O)C(N)Cc1cnc[nH]1. The molecule has 6 rings (SSSR count). The average Bonchev–Trinajstić information content (AvgIpc) is 3.58. The predicted octanol–water partition coefficient (Wildman–Crippen LogP) is 0.823. The van der Waals surface area contributed by atoms with E-state index in [4.69, 9.17) is 15.5 Å². The molecule has 198 valence electrons. The van der Waals surface area contributed by atoms with Gasteiger partial charge in [0.25, 0.3) is 11.5 Å². The van der Waals surface area contributed by atoms with Crippen LogP contribution in [-0.2, 0) is 39.5 Å². The van der Waals surface area contributed by atoms with Gasteiger partial charge in [0, 0.05) is 40.4 Å². The van der Waals surface area contributed by atoms with Gasteiger partial charge in [0.15, 0.2) is 5.60 Å². The smallest absolute Gasteiger partial charge is 0.343 e. The van der Waals surface area contributed by atoms with Crippen LogP contribution in [0.4, 0.5) is 0 Å². The quantitative estimate of drug-likeness (QED) is 0.142. The summed E-state index contributed by atoms with van der Waals surface area (Å²) in [5.74, 6) is -1.24. The number of nitrogens with one attached hydrogen (secondary N) is 2. The number of fused-ring (bicyclic) bond motifs is 5. The van der Waals surface area contributed by atoms with Gasteiger partial charge in [0.2, 0.25) is 0 Å². The van der Waals surface area contributed by atoms with Gasteiger partial charge in [-0.25, -0.2) is 20.2 Å². The number of hydrogen-bond acceptors (Lipinski definition) is 9. The lowest BCUT2D eigenvalue weighted by atomic mass is 9.86. The van der Waals surface area contributed by atoms with E-state index in [-0.39, 0.29) is 42.7 Å². The summed E-state index contributed by atoms with van der Waals surface area (Å²) >= 11 is 0. The highest BCUT2D eigenvalue weighted by Gasteiger charge is 2.45. The third-order valence-corrected chi connectivity index (χ3v) is 7.34. The lowest BCUT2D eigenvalue weighted by Crippen LogP contribution is -2.44. The Labute approximate surface area is 221 Å². The first-order valence-corrected chi connectivity index (χ1v) is 12.5. The molecule has 0 saturated carbocycles. The summed E-state index contributed by atoms with van der Waals surface area (Å²) in [6.45, 7) is 1.65. The number of benzene rings is 1. The molecule has 2 aliphatic rings. The molecule has 1 amide bonds. The molecular weight excluding hydrogens is 502 g/mol. The van der Waals surface area contributed by atoms with E-state index in [0.717, 1.165) is 16.6 Å². The number of hydrogen-bond donors (Lipinski definition) is 4. The molecule has 0 saturated heterocycles. The first kappa shape index (κ1) is 24.6. The summed E-state index contributed by atoms with van der Waals surface area (Å²) in [4.78, 5) is 50.2. The highest BCUT2D eigenvalue weighted by atomic mass is 16.6. The fourth-order valence-corrected chi connectivity index (χ4v) is 5.18. The van der Waals surface area contributed by atoms with Crippen LogP contribution in [0.2, 0.25) is 0 Å². The Balaban J connectivity index is 1.40. The number of H-pyrrole nitrogens is 1. The second kappa shape index (κ2) is 9.26. The van der Waals surface area contributed by atoms with E-state index in [1.54, 1.807) is 23.8 Å². The monoisotopic (exact) mass is 527 g/mol. The number of nitrogens with zero attached hydrogens (tertiary/aromatic N) is 4. The molecule has 4 aromatic rings. The van der Waals surface area contributed by atoms with Crippen LogP contribution < -0.4 is 16.7 Å². The molecule has 39 heavy (non-hydrogen) atoms. The van der Waals surface area contributed by atoms with Gasteiger partial charge in [-0.2, -0.15) is 5.10 Å². The Hall–Kier alpha value is -4.68. The van der Waals surface area contributed by atoms with Crippen molar-refractivity contribution in [2.45, 2.75) is 44.6 Å². The van der Waals surface area contributed by atoms with E-state index >= 15 is 0 Å². The minimum Gasteiger partial charge on any atom is -0.458 e. The highest BCUT2D eigenvalue weighted by Crippen LogP contribution is 2.39. The van der Waals surface area contributed by atoms with E-state index in [1.807, 2.05) is 24.3 Å². The summed E-state index contributed by atoms with van der Waals surface area (Å²) < 4.78 is 6.70. The van der Waals surface area contributed by atoms with E-state index in [2.05, 4.69) is 20.5 Å². The van der Waals surface area contributed by atoms with Crippen molar-refractivity contribution in [2.24, 2.45) is 10.8 Å². The molecule has 1 aromatic carbocycles. The molecule has 0 bridgehead atoms. The molecule has 0 spiro atoms. The third-order valence-electron chi connectivity index (χ3n) is 7.34. The molecule has 5 heterocycles. The first-order valence-electron chi connectivity index (χ1n) is 12.5. The minimum absolute atomic E-state index is 0.0554. The molecule has 3 aromatic heterocycles. The van der Waals surface area contributed by atoms with Crippen LogP contribution >= 0.6 is 0 Å². The number of pyridine rings is 2. The van der Waals surface area contributed by atoms with Crippen molar-refractivity contribution < 1.29 is 19.4 Å². The lowest BCUT2D eigenvalue weighted by molar-refractivity contribution is -0.172. The lowest BCUT2D eigenvalue weighted by Gasteiger charge is -2.31. The van der Waals surface area contributed by atoms with Gasteiger partial charge >= 0.3 is 5.97 Å². The number of aromatic amines is 1. The molecule has 12 heteroatoms. The van der Waals surface area contributed by atoms with Gasteiger partial charge in [-0.1, -0.05) is 25.1 Å². The second-order valence-corrected chi connectivity index (χ2v) is 9.59. The van der Waals surface area contributed by atoms with Gasteiger partial charge < -0.3 is 25.1 Å². The summed E-state index contributed by atoms with van der Waals surface area (Å²) in [7, 11) is 0. The second-order valence-electron chi connectivity index (χ2n) is 9.59. The van der Waals surface area contributed by atoms with Crippen LogP contribution in [0.15, 0.2) is 52.8 Å². The van der Waals surface area contributed by atoms with Gasteiger partial charge in [-0.3, -0.25) is 9.59 Å². The van der Waals surface area contributed by atoms with Crippen LogP contribution in [-0.4, -0.2) is 48.8 Å². The zero-order chi connectivity index (χ0) is 27.3. The van der Waals surface area contributed by atoms with Crippen molar-refractivity contribution in [3.8, 4) is 11.4 Å². The maximum Gasteiger partial charge on any atom is 0.343 e. The number of carbonyl (C=O) groups is 2. The number of nitrogens with two attached hydrogens (primary N) is 1. The molecule has 2 aliphatic heterocycles. The van der Waals surface area contributed by atoms with Crippen molar-refractivity contribution in [3.63, 3.8) is 0 Å². The number of rotatable bonds is 6. The largest absolute Gasteiger partial charge is 0.458 e. The van der Waals surface area contributed by atoms with E-state index in [9.17, 15) is 19.5 Å². The number of carbonyl (C=O) groups excluding carboxylic acids is 2. The number of cyclic esters (lactones) is 1. The molecular formula is C27H25N7O5. The van der Waals surface area contributed by atoms with Crippen molar-refractivity contribution in [3.05, 3.63) is 81.2 Å². The minimum atomic E-state index is -1.91. The molecule has 12 nitrogen and oxygen atoms in total. The standard InChI is InChI=1S/C27H25N7O5/c1-2-27(38)19-8-22-23-17(11-34(22)25(36)18(19)12-39-26(27)37)16(15-5-3-4-6-21(15)32-23)10-31-33-24(35)20(28)7-14-9-29-13-30-14/h3-6,8-10,13,20,38H,2,7,11-12,28H2,1H3,(H,29,30)(H,33,35)/t20?,27-/m0/s1. The van der Waals surface area contributed by atoms with Crippen LogP contribution in [0.5, 0.6) is 0 Å². The maximum atomic E-state index is 13.5. The Morgan fingerprint density at radius 1 is 1.36 bits per heavy atom. The molecule has 0 aliphatic carbocycles. The maximum absolute atomic E-state index is 13.5. The summed E-state index contributed by atoms with van der Waals surface area (Å²) in [6, 6.07) is 8.26. The number of ether oxygens (including phenoxy) is 1. The van der Waals surface area contributed by atoms with E-state index in [0.29, 0.717) is 22.5 Å². The molecule has 0 fully saturated rings. The van der Waals surface area contributed by atoms with Crippen LogP contribution in [0.3, 0.4) is 0 Å². The van der Waals surface area contributed by atoms with Crippen molar-refractivity contribution in [1.29, 1.82) is 0 Å². The van der Waals surface area contributed by atoms with Gasteiger partial charge in [0.05, 0.1) is 47.6 Å².